The number of anilines is 1. The molecule has 0 spiro atoms. The third kappa shape index (κ3) is 4.08. The van der Waals surface area contributed by atoms with E-state index in [0.717, 1.165) is 18.8 Å². The average molecular weight is 361 g/mol. The predicted octanol–water partition coefficient (Wildman–Crippen LogP) is 2.56. The van der Waals surface area contributed by atoms with E-state index in [4.69, 9.17) is 9.47 Å². The fraction of sp³-hybridized carbons (Fsp3) is 0.632. The average Bonchev–Trinajstić information content (AvgIpc) is 3.12. The molecule has 142 valence electrons. The first kappa shape index (κ1) is 18.5. The van der Waals surface area contributed by atoms with Crippen LogP contribution in [-0.2, 0) is 9.47 Å². The van der Waals surface area contributed by atoms with Crippen LogP contribution in [0.1, 0.15) is 38.1 Å². The number of esters is 1. The van der Waals surface area contributed by atoms with Crippen LogP contribution in [0.2, 0.25) is 0 Å². The summed E-state index contributed by atoms with van der Waals surface area (Å²) in [5, 5.41) is 0. The van der Waals surface area contributed by atoms with E-state index in [1.165, 1.54) is 6.20 Å². The Balaban J connectivity index is 1.61. The van der Waals surface area contributed by atoms with Gasteiger partial charge in [0.1, 0.15) is 5.60 Å². The molecule has 0 aromatic carbocycles. The smallest absolute Gasteiger partial charge is 0.410 e. The molecule has 2 aliphatic heterocycles. The molecule has 7 nitrogen and oxygen atoms in total. The van der Waals surface area contributed by atoms with Gasteiger partial charge in [0.15, 0.2) is 0 Å². The van der Waals surface area contributed by atoms with Crippen molar-refractivity contribution in [2.45, 2.75) is 33.3 Å². The van der Waals surface area contributed by atoms with Crippen molar-refractivity contribution in [3.8, 4) is 0 Å². The minimum Gasteiger partial charge on any atom is -0.462 e. The highest BCUT2D eigenvalue weighted by Gasteiger charge is 2.42. The summed E-state index contributed by atoms with van der Waals surface area (Å²) < 4.78 is 10.5. The van der Waals surface area contributed by atoms with Gasteiger partial charge in [0, 0.05) is 44.2 Å². The molecule has 1 aromatic rings. The quantitative estimate of drug-likeness (QED) is 0.771. The number of ether oxygens (including phenoxy) is 2. The van der Waals surface area contributed by atoms with Gasteiger partial charge in [-0.1, -0.05) is 0 Å². The SMILES string of the molecule is CCOC(=O)c1cncc(N2C[C@H]3CN(C(=O)OC(C)(C)C)C[C@H]3C2)c1. The molecule has 2 saturated heterocycles. The number of fused-ring (bicyclic) bond motifs is 1. The summed E-state index contributed by atoms with van der Waals surface area (Å²) in [5.74, 6) is 0.472. The fourth-order valence-corrected chi connectivity index (χ4v) is 3.61. The Hall–Kier alpha value is -2.31. The van der Waals surface area contributed by atoms with Crippen molar-refractivity contribution < 1.29 is 19.1 Å². The molecule has 1 amide bonds. The highest BCUT2D eigenvalue weighted by Crippen LogP contribution is 2.34. The van der Waals surface area contributed by atoms with Crippen LogP contribution >= 0.6 is 0 Å². The van der Waals surface area contributed by atoms with Gasteiger partial charge in [0.05, 0.1) is 24.1 Å². The van der Waals surface area contributed by atoms with Crippen LogP contribution in [0.4, 0.5) is 10.5 Å². The molecule has 1 aromatic heterocycles. The largest absolute Gasteiger partial charge is 0.462 e. The number of likely N-dealkylation sites (tertiary alicyclic amines) is 1. The molecular formula is C19H27N3O4. The Labute approximate surface area is 154 Å². The van der Waals surface area contributed by atoms with E-state index in [-0.39, 0.29) is 12.1 Å². The summed E-state index contributed by atoms with van der Waals surface area (Å²) in [6.07, 6.45) is 3.07. The molecule has 2 atom stereocenters. The van der Waals surface area contributed by atoms with Gasteiger partial charge in [0.25, 0.3) is 0 Å². The van der Waals surface area contributed by atoms with Gasteiger partial charge in [-0.25, -0.2) is 9.59 Å². The summed E-state index contributed by atoms with van der Waals surface area (Å²) in [4.78, 5) is 32.4. The van der Waals surface area contributed by atoms with Crippen LogP contribution in [0, 0.1) is 11.8 Å². The van der Waals surface area contributed by atoms with Gasteiger partial charge < -0.3 is 19.3 Å². The van der Waals surface area contributed by atoms with E-state index in [2.05, 4.69) is 9.88 Å². The molecule has 0 N–H and O–H groups in total. The van der Waals surface area contributed by atoms with E-state index < -0.39 is 5.60 Å². The minimum absolute atomic E-state index is 0.232. The van der Waals surface area contributed by atoms with Gasteiger partial charge in [-0.15, -0.1) is 0 Å². The predicted molar refractivity (Wildman–Crippen MR) is 97.2 cm³/mol. The summed E-state index contributed by atoms with van der Waals surface area (Å²) in [6.45, 7) is 10.9. The Morgan fingerprint density at radius 1 is 1.15 bits per heavy atom. The van der Waals surface area contributed by atoms with Crippen molar-refractivity contribution >= 4 is 17.7 Å². The lowest BCUT2D eigenvalue weighted by Crippen LogP contribution is -2.37. The first-order valence-electron chi connectivity index (χ1n) is 9.12. The fourth-order valence-electron chi connectivity index (χ4n) is 3.61. The van der Waals surface area contributed by atoms with Crippen LogP contribution in [-0.4, -0.2) is 60.3 Å². The second-order valence-corrected chi connectivity index (χ2v) is 7.96. The van der Waals surface area contributed by atoms with Crippen LogP contribution in [0.5, 0.6) is 0 Å². The molecule has 2 aliphatic rings. The van der Waals surface area contributed by atoms with Crippen LogP contribution < -0.4 is 4.90 Å². The number of nitrogens with zero attached hydrogens (tertiary/aromatic N) is 3. The Morgan fingerprint density at radius 3 is 2.38 bits per heavy atom. The summed E-state index contributed by atoms with van der Waals surface area (Å²) >= 11 is 0. The summed E-state index contributed by atoms with van der Waals surface area (Å²) in [6, 6.07) is 1.83. The lowest BCUT2D eigenvalue weighted by Gasteiger charge is -2.26. The molecule has 0 bridgehead atoms. The minimum atomic E-state index is -0.472. The van der Waals surface area contributed by atoms with E-state index in [1.54, 1.807) is 13.1 Å². The van der Waals surface area contributed by atoms with E-state index in [1.807, 2.05) is 31.7 Å². The number of amides is 1. The summed E-state index contributed by atoms with van der Waals surface area (Å²) in [5.41, 5.74) is 0.922. The van der Waals surface area contributed by atoms with Gasteiger partial charge in [-0.05, 0) is 33.8 Å². The maximum atomic E-state index is 12.3. The molecule has 3 rings (SSSR count). The molecule has 0 saturated carbocycles. The number of aromatic nitrogens is 1. The first-order chi connectivity index (χ1) is 12.3. The van der Waals surface area contributed by atoms with Crippen molar-refractivity contribution in [2.75, 3.05) is 37.7 Å². The number of carbonyl (C=O) groups is 2. The Bertz CT molecular complexity index is 672. The number of rotatable bonds is 3. The molecular weight excluding hydrogens is 334 g/mol. The maximum Gasteiger partial charge on any atom is 0.410 e. The third-order valence-electron chi connectivity index (χ3n) is 4.74. The van der Waals surface area contributed by atoms with Crippen molar-refractivity contribution in [2.24, 2.45) is 11.8 Å². The topological polar surface area (TPSA) is 72.0 Å². The lowest BCUT2D eigenvalue weighted by atomic mass is 10.0. The van der Waals surface area contributed by atoms with Crippen molar-refractivity contribution in [3.63, 3.8) is 0 Å². The third-order valence-corrected chi connectivity index (χ3v) is 4.74. The maximum absolute atomic E-state index is 12.3. The van der Waals surface area contributed by atoms with Gasteiger partial charge in [-0.3, -0.25) is 4.98 Å². The van der Waals surface area contributed by atoms with Crippen molar-refractivity contribution in [1.29, 1.82) is 0 Å². The number of hydrogen-bond acceptors (Lipinski definition) is 6. The highest BCUT2D eigenvalue weighted by molar-refractivity contribution is 5.90. The molecule has 7 heteroatoms. The molecule has 0 aliphatic carbocycles. The zero-order valence-corrected chi connectivity index (χ0v) is 15.9. The lowest BCUT2D eigenvalue weighted by molar-refractivity contribution is 0.0282. The van der Waals surface area contributed by atoms with Crippen molar-refractivity contribution in [3.05, 3.63) is 24.0 Å². The Morgan fingerprint density at radius 2 is 1.81 bits per heavy atom. The second kappa shape index (κ2) is 7.13. The number of pyridine rings is 1. The van der Waals surface area contributed by atoms with E-state index in [9.17, 15) is 9.59 Å². The zero-order valence-electron chi connectivity index (χ0n) is 15.9. The monoisotopic (exact) mass is 361 g/mol. The molecule has 0 radical (unpaired) electrons. The zero-order chi connectivity index (χ0) is 18.9. The summed E-state index contributed by atoms with van der Waals surface area (Å²) in [7, 11) is 0. The number of hydrogen-bond donors (Lipinski definition) is 0. The first-order valence-corrected chi connectivity index (χ1v) is 9.12. The molecule has 3 heterocycles. The molecule has 26 heavy (non-hydrogen) atoms. The normalized spacial score (nSPS) is 22.3. The standard InChI is InChI=1S/C19H27N3O4/c1-5-25-17(23)13-6-16(8-20-7-13)21-9-14-11-22(12-15(14)10-21)18(24)26-19(2,3)4/h6-8,14-15H,5,9-12H2,1-4H3/t14-,15+. The van der Waals surface area contributed by atoms with Gasteiger partial charge in [0.2, 0.25) is 0 Å². The van der Waals surface area contributed by atoms with E-state index in [0.29, 0.717) is 37.1 Å². The molecule has 2 fully saturated rings. The van der Waals surface area contributed by atoms with Crippen LogP contribution in [0.15, 0.2) is 18.5 Å². The van der Waals surface area contributed by atoms with Crippen molar-refractivity contribution in [1.82, 2.24) is 9.88 Å². The van der Waals surface area contributed by atoms with Crippen LogP contribution in [0.25, 0.3) is 0 Å². The Kier molecular flexibility index (Phi) is 5.07. The van der Waals surface area contributed by atoms with Gasteiger partial charge in [-0.2, -0.15) is 0 Å². The van der Waals surface area contributed by atoms with Gasteiger partial charge >= 0.3 is 12.1 Å². The van der Waals surface area contributed by atoms with Crippen LogP contribution in [0.3, 0.4) is 0 Å². The molecule has 0 unspecified atom stereocenters. The second-order valence-electron chi connectivity index (χ2n) is 7.96. The number of carbonyl (C=O) groups excluding carboxylic acids is 2. The highest BCUT2D eigenvalue weighted by atomic mass is 16.6. The van der Waals surface area contributed by atoms with E-state index >= 15 is 0 Å².